The fraction of sp³-hybridized carbons (Fsp3) is 0.400. The van der Waals surface area contributed by atoms with Crippen molar-refractivity contribution in [2.75, 3.05) is 6.54 Å². The lowest BCUT2D eigenvalue weighted by Crippen LogP contribution is -2.07. The molecule has 0 saturated heterocycles. The average Bonchev–Trinajstić information content (AvgIpc) is 2.83. The average molecular weight is 241 g/mol. The van der Waals surface area contributed by atoms with Crippen LogP contribution < -0.4 is 5.73 Å². The maximum absolute atomic E-state index is 5.62. The molecular weight excluding hydrogens is 222 g/mol. The number of aryl methyl sites for hydroxylation is 1. The summed E-state index contributed by atoms with van der Waals surface area (Å²) < 4.78 is 2.24. The number of benzene rings is 1. The normalized spacial score (nSPS) is 14.5. The van der Waals surface area contributed by atoms with Crippen LogP contribution in [0.3, 0.4) is 0 Å². The minimum absolute atomic E-state index is 0.700. The van der Waals surface area contributed by atoms with Crippen LogP contribution in [0.1, 0.15) is 29.8 Å². The Hall–Kier alpha value is -1.61. The lowest BCUT2D eigenvalue weighted by atomic mass is 10.0. The van der Waals surface area contributed by atoms with E-state index in [0.717, 1.165) is 19.3 Å². The molecule has 0 unspecified atom stereocenters. The second-order valence-corrected chi connectivity index (χ2v) is 4.92. The van der Waals surface area contributed by atoms with Crippen LogP contribution >= 0.6 is 0 Å². The second kappa shape index (κ2) is 4.94. The predicted molar refractivity (Wildman–Crippen MR) is 73.0 cm³/mol. The zero-order valence-electron chi connectivity index (χ0n) is 10.6. The van der Waals surface area contributed by atoms with Crippen molar-refractivity contribution >= 4 is 0 Å². The lowest BCUT2D eigenvalue weighted by Gasteiger charge is -2.14. The third-order valence-electron chi connectivity index (χ3n) is 3.65. The Balaban J connectivity index is 1.99. The Bertz CT molecular complexity index is 542. The van der Waals surface area contributed by atoms with Crippen molar-refractivity contribution in [2.24, 2.45) is 5.73 Å². The number of rotatable bonds is 3. The van der Waals surface area contributed by atoms with Crippen molar-refractivity contribution < 1.29 is 0 Å². The first-order chi connectivity index (χ1) is 8.88. The molecule has 0 atom stereocenters. The largest absolute Gasteiger partial charge is 0.330 e. The van der Waals surface area contributed by atoms with Crippen LogP contribution in [0.5, 0.6) is 0 Å². The first-order valence-electron chi connectivity index (χ1n) is 6.73. The highest BCUT2D eigenvalue weighted by molar-refractivity contribution is 5.39. The van der Waals surface area contributed by atoms with Crippen LogP contribution in [0.2, 0.25) is 0 Å². The van der Waals surface area contributed by atoms with E-state index in [-0.39, 0.29) is 0 Å². The molecule has 3 nitrogen and oxygen atoms in total. The molecule has 1 heterocycles. The summed E-state index contributed by atoms with van der Waals surface area (Å²) >= 11 is 0. The molecule has 0 aliphatic heterocycles. The van der Waals surface area contributed by atoms with Gasteiger partial charge in [-0.05, 0) is 56.3 Å². The molecule has 0 spiro atoms. The third-order valence-corrected chi connectivity index (χ3v) is 3.65. The smallest absolute Gasteiger partial charge is 0.0997 e. The van der Waals surface area contributed by atoms with Crippen molar-refractivity contribution in [1.29, 1.82) is 0 Å². The maximum atomic E-state index is 5.62. The van der Waals surface area contributed by atoms with E-state index in [1.165, 1.54) is 35.5 Å². The molecule has 1 aliphatic rings. The summed E-state index contributed by atoms with van der Waals surface area (Å²) in [5.74, 6) is 0. The second-order valence-electron chi connectivity index (χ2n) is 4.92. The van der Waals surface area contributed by atoms with Gasteiger partial charge >= 0.3 is 0 Å². The van der Waals surface area contributed by atoms with E-state index in [9.17, 15) is 0 Å². The topological polar surface area (TPSA) is 43.8 Å². The van der Waals surface area contributed by atoms with E-state index < -0.39 is 0 Å². The quantitative estimate of drug-likeness (QED) is 0.895. The van der Waals surface area contributed by atoms with Crippen molar-refractivity contribution in [3.05, 3.63) is 47.5 Å². The summed E-state index contributed by atoms with van der Waals surface area (Å²) in [6.45, 7) is 0.700. The van der Waals surface area contributed by atoms with Crippen LogP contribution in [-0.4, -0.2) is 16.1 Å². The number of fused-ring (bicyclic) bond motifs is 1. The number of aromatic nitrogens is 2. The molecule has 1 aromatic carbocycles. The first-order valence-corrected chi connectivity index (χ1v) is 6.73. The Labute approximate surface area is 108 Å². The summed E-state index contributed by atoms with van der Waals surface area (Å²) in [5.41, 5.74) is 10.8. The summed E-state index contributed by atoms with van der Waals surface area (Å²) in [5, 5.41) is 0. The standard InChI is InChI=1S/C15H19N3/c16-9-8-12-4-3-5-13(10-12)18-11-17-14-6-1-2-7-15(14)18/h3-5,10-11H,1-2,6-9,16H2. The van der Waals surface area contributed by atoms with Crippen molar-refractivity contribution in [1.82, 2.24) is 9.55 Å². The number of nitrogens with two attached hydrogens (primary N) is 1. The molecule has 0 saturated carbocycles. The highest BCUT2D eigenvalue weighted by atomic mass is 15.1. The van der Waals surface area contributed by atoms with Gasteiger partial charge in [0, 0.05) is 11.4 Å². The maximum Gasteiger partial charge on any atom is 0.0997 e. The molecule has 1 aromatic heterocycles. The van der Waals surface area contributed by atoms with Gasteiger partial charge in [0.15, 0.2) is 0 Å². The third kappa shape index (κ3) is 2.06. The molecule has 0 fully saturated rings. The van der Waals surface area contributed by atoms with Gasteiger partial charge in [-0.25, -0.2) is 4.98 Å². The van der Waals surface area contributed by atoms with Crippen molar-refractivity contribution in [3.8, 4) is 5.69 Å². The van der Waals surface area contributed by atoms with Crippen LogP contribution in [-0.2, 0) is 19.3 Å². The van der Waals surface area contributed by atoms with Crippen LogP contribution in [0, 0.1) is 0 Å². The molecule has 1 aliphatic carbocycles. The fourth-order valence-corrected chi connectivity index (χ4v) is 2.72. The minimum atomic E-state index is 0.700. The molecule has 0 bridgehead atoms. The highest BCUT2D eigenvalue weighted by Crippen LogP contribution is 2.23. The molecule has 3 heteroatoms. The van der Waals surface area contributed by atoms with Crippen molar-refractivity contribution in [2.45, 2.75) is 32.1 Å². The monoisotopic (exact) mass is 241 g/mol. The Morgan fingerprint density at radius 2 is 2.11 bits per heavy atom. The van der Waals surface area contributed by atoms with E-state index in [1.807, 2.05) is 6.33 Å². The molecule has 2 aromatic rings. The first kappa shape index (κ1) is 11.5. The minimum Gasteiger partial charge on any atom is -0.330 e. The zero-order valence-corrected chi connectivity index (χ0v) is 10.6. The van der Waals surface area contributed by atoms with E-state index >= 15 is 0 Å². The van der Waals surface area contributed by atoms with E-state index in [4.69, 9.17) is 5.73 Å². The number of imidazole rings is 1. The van der Waals surface area contributed by atoms with E-state index in [1.54, 1.807) is 0 Å². The summed E-state index contributed by atoms with van der Waals surface area (Å²) in [7, 11) is 0. The predicted octanol–water partition coefficient (Wildman–Crippen LogP) is 2.25. The summed E-state index contributed by atoms with van der Waals surface area (Å²) in [4.78, 5) is 4.55. The van der Waals surface area contributed by atoms with Gasteiger partial charge in [0.05, 0.1) is 12.0 Å². The molecule has 3 rings (SSSR count). The SMILES string of the molecule is NCCc1cccc(-n2cnc3c2CCCC3)c1. The molecule has 0 amide bonds. The number of nitrogens with zero attached hydrogens (tertiary/aromatic N) is 2. The van der Waals surface area contributed by atoms with Gasteiger partial charge in [-0.3, -0.25) is 0 Å². The van der Waals surface area contributed by atoms with Gasteiger partial charge in [-0.2, -0.15) is 0 Å². The van der Waals surface area contributed by atoms with Gasteiger partial charge in [0.2, 0.25) is 0 Å². The molecule has 18 heavy (non-hydrogen) atoms. The van der Waals surface area contributed by atoms with Gasteiger partial charge in [0.25, 0.3) is 0 Å². The van der Waals surface area contributed by atoms with E-state index in [2.05, 4.69) is 33.8 Å². The van der Waals surface area contributed by atoms with Gasteiger partial charge in [-0.1, -0.05) is 12.1 Å². The Kier molecular flexibility index (Phi) is 3.15. The van der Waals surface area contributed by atoms with Crippen molar-refractivity contribution in [3.63, 3.8) is 0 Å². The summed E-state index contributed by atoms with van der Waals surface area (Å²) in [6.07, 6.45) is 7.74. The lowest BCUT2D eigenvalue weighted by molar-refractivity contribution is 0.656. The Morgan fingerprint density at radius 3 is 3.00 bits per heavy atom. The molecule has 94 valence electrons. The van der Waals surface area contributed by atoms with E-state index in [0.29, 0.717) is 6.54 Å². The van der Waals surface area contributed by atoms with Gasteiger partial charge < -0.3 is 10.3 Å². The highest BCUT2D eigenvalue weighted by Gasteiger charge is 2.15. The van der Waals surface area contributed by atoms with Crippen LogP contribution in [0.25, 0.3) is 5.69 Å². The molecule has 0 radical (unpaired) electrons. The zero-order chi connectivity index (χ0) is 12.4. The van der Waals surface area contributed by atoms with Crippen LogP contribution in [0.4, 0.5) is 0 Å². The van der Waals surface area contributed by atoms with Gasteiger partial charge in [0.1, 0.15) is 0 Å². The molecular formula is C15H19N3. The number of hydrogen-bond acceptors (Lipinski definition) is 2. The number of hydrogen-bond donors (Lipinski definition) is 1. The summed E-state index contributed by atoms with van der Waals surface area (Å²) in [6, 6.07) is 8.62. The fourth-order valence-electron chi connectivity index (χ4n) is 2.72. The molecule has 2 N–H and O–H groups in total. The van der Waals surface area contributed by atoms with Gasteiger partial charge in [-0.15, -0.1) is 0 Å². The Morgan fingerprint density at radius 1 is 1.22 bits per heavy atom. The van der Waals surface area contributed by atoms with Crippen LogP contribution in [0.15, 0.2) is 30.6 Å².